The summed E-state index contributed by atoms with van der Waals surface area (Å²) in [6, 6.07) is 0. The van der Waals surface area contributed by atoms with Crippen molar-refractivity contribution in [3.63, 3.8) is 0 Å². The molecular formula is C40H61NO11. The van der Waals surface area contributed by atoms with Crippen LogP contribution in [0.1, 0.15) is 96.8 Å². The van der Waals surface area contributed by atoms with E-state index in [1.165, 1.54) is 0 Å². The minimum atomic E-state index is -0.947. The van der Waals surface area contributed by atoms with Gasteiger partial charge in [0.1, 0.15) is 18.0 Å². The second-order valence-corrected chi connectivity index (χ2v) is 17.2. The number of hydrogen-bond donors (Lipinski definition) is 3. The molecule has 18 atom stereocenters. The fraction of sp³-hybridized carbons (Fsp3) is 0.875. The van der Waals surface area contributed by atoms with Gasteiger partial charge in [-0.25, -0.2) is 0 Å². The molecule has 4 N–H and O–H groups in total. The van der Waals surface area contributed by atoms with Crippen LogP contribution in [0.25, 0.3) is 0 Å². The van der Waals surface area contributed by atoms with Crippen LogP contribution in [-0.2, 0) is 42.7 Å². The van der Waals surface area contributed by atoms with E-state index in [9.17, 15) is 15.0 Å². The maximum absolute atomic E-state index is 14.0. The number of fused-ring (bicyclic) bond motifs is 9. The zero-order valence-corrected chi connectivity index (χ0v) is 31.0. The molecule has 52 heavy (non-hydrogen) atoms. The smallest absolute Gasteiger partial charge is 0.172 e. The van der Waals surface area contributed by atoms with E-state index < -0.39 is 30.2 Å². The summed E-state index contributed by atoms with van der Waals surface area (Å²) >= 11 is 0. The van der Waals surface area contributed by atoms with Gasteiger partial charge in [0, 0.05) is 64.5 Å². The summed E-state index contributed by atoms with van der Waals surface area (Å²) in [6.45, 7) is 11.2. The van der Waals surface area contributed by atoms with E-state index in [4.69, 9.17) is 43.6 Å². The second kappa shape index (κ2) is 15.3. The molecule has 0 radical (unpaired) electrons. The molecule has 4 unspecified atom stereocenters. The van der Waals surface area contributed by atoms with Crippen LogP contribution in [0, 0.1) is 11.8 Å². The summed E-state index contributed by atoms with van der Waals surface area (Å²) in [7, 11) is 1.65. The quantitative estimate of drug-likeness (QED) is 0.363. The molecule has 10 bridgehead atoms. The van der Waals surface area contributed by atoms with Gasteiger partial charge in [0.15, 0.2) is 5.79 Å². The maximum atomic E-state index is 14.0. The maximum Gasteiger partial charge on any atom is 0.172 e. The summed E-state index contributed by atoms with van der Waals surface area (Å²) < 4.78 is 52.9. The van der Waals surface area contributed by atoms with E-state index >= 15 is 0 Å². The number of ether oxygens (including phenoxy) is 8. The molecule has 8 fully saturated rings. The number of methoxy groups -OCH3 is 1. The Hall–Kier alpha value is -1.29. The van der Waals surface area contributed by atoms with E-state index in [1.807, 2.05) is 0 Å². The third-order valence-electron chi connectivity index (χ3n) is 13.6. The van der Waals surface area contributed by atoms with Gasteiger partial charge in [0.05, 0.1) is 79.4 Å². The van der Waals surface area contributed by atoms with Gasteiger partial charge in [0.2, 0.25) is 0 Å². The van der Waals surface area contributed by atoms with Crippen LogP contribution in [-0.4, -0.2) is 127 Å². The molecular weight excluding hydrogens is 670 g/mol. The van der Waals surface area contributed by atoms with Crippen LogP contribution in [0.5, 0.6) is 0 Å². The minimum Gasteiger partial charge on any atom is -0.392 e. The van der Waals surface area contributed by atoms with Crippen LogP contribution in [0.3, 0.4) is 0 Å². The SMILES string of the molecule is C=C1CC2CC[C@]34C[C@@H](O)C(O3)[C@H]3C[C@@H](O4)[C@H]4O[C@H](CC[C@@H]4O3)CC(=O)C[C@@H]3[C@@H](OC)[C@@H](C[C@H](O)CN)O[C@H]3CC3O[C@@H](CCC1O2)C[C@@H](C)C3=C. The van der Waals surface area contributed by atoms with Crippen LogP contribution in [0.15, 0.2) is 24.3 Å². The zero-order valence-electron chi connectivity index (χ0n) is 31.0. The Morgan fingerprint density at radius 3 is 2.44 bits per heavy atom. The molecule has 0 aliphatic carbocycles. The van der Waals surface area contributed by atoms with Crippen LogP contribution in [0.2, 0.25) is 0 Å². The van der Waals surface area contributed by atoms with E-state index in [2.05, 4.69) is 20.1 Å². The fourth-order valence-corrected chi connectivity index (χ4v) is 10.8. The van der Waals surface area contributed by atoms with E-state index in [0.717, 1.165) is 49.7 Å². The monoisotopic (exact) mass is 731 g/mol. The summed E-state index contributed by atoms with van der Waals surface area (Å²) in [4.78, 5) is 14.0. The van der Waals surface area contributed by atoms with Crippen molar-refractivity contribution >= 4 is 5.78 Å². The number of carbonyl (C=O) groups is 1. The lowest BCUT2D eigenvalue weighted by Crippen LogP contribution is -2.58. The highest BCUT2D eigenvalue weighted by Gasteiger charge is 2.59. The molecule has 0 aromatic rings. The first-order valence-electron chi connectivity index (χ1n) is 20.1. The first kappa shape index (κ1) is 37.6. The molecule has 8 heterocycles. The topological polar surface area (TPSA) is 157 Å². The van der Waals surface area contributed by atoms with Crippen molar-refractivity contribution in [2.24, 2.45) is 17.6 Å². The predicted molar refractivity (Wildman–Crippen MR) is 188 cm³/mol. The van der Waals surface area contributed by atoms with E-state index in [1.54, 1.807) is 7.11 Å². The molecule has 0 amide bonds. The van der Waals surface area contributed by atoms with Gasteiger partial charge in [0.25, 0.3) is 0 Å². The van der Waals surface area contributed by atoms with Crippen LogP contribution >= 0.6 is 0 Å². The van der Waals surface area contributed by atoms with Crippen molar-refractivity contribution in [3.05, 3.63) is 24.3 Å². The number of ketones is 1. The van der Waals surface area contributed by atoms with Crippen molar-refractivity contribution in [3.8, 4) is 0 Å². The molecule has 8 rings (SSSR count). The first-order valence-corrected chi connectivity index (χ1v) is 20.1. The fourth-order valence-electron chi connectivity index (χ4n) is 10.8. The highest BCUT2D eigenvalue weighted by molar-refractivity contribution is 5.79. The van der Waals surface area contributed by atoms with Crippen molar-refractivity contribution in [2.45, 2.75) is 194 Å². The average Bonchev–Trinajstić information content (AvgIpc) is 3.72. The predicted octanol–water partition coefficient (Wildman–Crippen LogP) is 3.42. The molecule has 8 aliphatic heterocycles. The molecule has 0 saturated carbocycles. The zero-order chi connectivity index (χ0) is 36.3. The molecule has 0 aromatic carbocycles. The molecule has 0 aromatic heterocycles. The number of rotatable bonds is 4. The Morgan fingerprint density at radius 2 is 1.63 bits per heavy atom. The Kier molecular flexibility index (Phi) is 11.1. The van der Waals surface area contributed by atoms with Gasteiger partial charge in [-0.3, -0.25) is 4.79 Å². The molecule has 292 valence electrons. The molecule has 1 spiro atoms. The lowest BCUT2D eigenvalue weighted by Gasteiger charge is -2.47. The number of hydrogen-bond acceptors (Lipinski definition) is 12. The molecule has 8 saturated heterocycles. The number of carbonyl (C=O) groups excluding carboxylic acids is 1. The normalized spacial score (nSPS) is 50.4. The van der Waals surface area contributed by atoms with Gasteiger partial charge in [-0.1, -0.05) is 20.1 Å². The number of Topliss-reactive ketones (excluding diaryl/α,β-unsaturated/α-hetero) is 1. The van der Waals surface area contributed by atoms with Crippen molar-refractivity contribution in [1.29, 1.82) is 0 Å². The summed E-state index contributed by atoms with van der Waals surface area (Å²) in [5.41, 5.74) is 7.96. The van der Waals surface area contributed by atoms with Gasteiger partial charge in [-0.15, -0.1) is 0 Å². The Morgan fingerprint density at radius 1 is 0.846 bits per heavy atom. The highest BCUT2D eigenvalue weighted by Crippen LogP contribution is 2.49. The lowest BCUT2D eigenvalue weighted by atomic mass is 9.81. The molecule has 12 nitrogen and oxygen atoms in total. The summed E-state index contributed by atoms with van der Waals surface area (Å²) in [5.74, 6) is -0.819. The third-order valence-corrected chi connectivity index (χ3v) is 13.6. The van der Waals surface area contributed by atoms with E-state index in [0.29, 0.717) is 38.5 Å². The van der Waals surface area contributed by atoms with Crippen LogP contribution in [0.4, 0.5) is 0 Å². The third kappa shape index (κ3) is 7.48. The van der Waals surface area contributed by atoms with Crippen LogP contribution < -0.4 is 5.73 Å². The number of nitrogens with two attached hydrogens (primary N) is 1. The van der Waals surface area contributed by atoms with Gasteiger partial charge >= 0.3 is 0 Å². The molecule has 8 aliphatic rings. The number of aliphatic hydroxyl groups excluding tert-OH is 2. The lowest BCUT2D eigenvalue weighted by molar-refractivity contribution is -0.277. The van der Waals surface area contributed by atoms with Crippen molar-refractivity contribution < 1.29 is 52.9 Å². The standard InChI is InChI=1S/C40H61NO11/c1-20-11-25-5-7-30-21(2)12-27(46-30)9-10-40-18-29(44)38(52-40)35-17-36(51-40)39-31(49-35)8-6-26(48-39)13-23(42)14-28-33(16-32(47-25)22(20)3)50-34(37(28)45-4)15-24(43)19-41/h20,24-39,43-44H,2-3,5-19,41H2,1,4H3/t20-,24+,25+,26-,27?,28+,29-,30?,31+,32?,33+,34-,35-,36-,37-,38?,39+,40-/m1/s1. The Labute approximate surface area is 308 Å². The average molecular weight is 732 g/mol. The number of aliphatic hydroxyl groups is 2. The Balaban J connectivity index is 1.06. The summed E-state index contributed by atoms with van der Waals surface area (Å²) in [5, 5.41) is 21.7. The minimum absolute atomic E-state index is 0.00397. The van der Waals surface area contributed by atoms with Crippen molar-refractivity contribution in [1.82, 2.24) is 0 Å². The van der Waals surface area contributed by atoms with Crippen molar-refractivity contribution in [2.75, 3.05) is 13.7 Å². The van der Waals surface area contributed by atoms with E-state index in [-0.39, 0.29) is 104 Å². The van der Waals surface area contributed by atoms with Gasteiger partial charge < -0.3 is 53.8 Å². The largest absolute Gasteiger partial charge is 0.392 e. The summed E-state index contributed by atoms with van der Waals surface area (Å²) in [6.07, 6.45) is 3.90. The van der Waals surface area contributed by atoms with Gasteiger partial charge in [-0.05, 0) is 62.0 Å². The highest BCUT2D eigenvalue weighted by atomic mass is 16.7. The first-order chi connectivity index (χ1) is 25.0. The Bertz CT molecular complexity index is 1330. The second-order valence-electron chi connectivity index (χ2n) is 17.2. The van der Waals surface area contributed by atoms with Gasteiger partial charge in [-0.2, -0.15) is 0 Å². The molecule has 12 heteroatoms.